The molecular weight excluding hydrogens is 342 g/mol. The molecule has 1 amide bonds. The minimum Gasteiger partial charge on any atom is -0.390 e. The minimum absolute atomic E-state index is 0.0365. The maximum Gasteiger partial charge on any atom is 0.251 e. The van der Waals surface area contributed by atoms with Crippen molar-refractivity contribution in [3.63, 3.8) is 0 Å². The van der Waals surface area contributed by atoms with E-state index in [1.807, 2.05) is 25.1 Å². The molecule has 4 fully saturated rings. The van der Waals surface area contributed by atoms with E-state index in [1.165, 1.54) is 12.8 Å². The van der Waals surface area contributed by atoms with Crippen molar-refractivity contribution in [2.75, 3.05) is 0 Å². The molecular formula is C18H22BrNO2. The zero-order valence-electron chi connectivity index (χ0n) is 12.8. The average Bonchev–Trinajstić information content (AvgIpc) is 2.40. The molecule has 0 saturated heterocycles. The van der Waals surface area contributed by atoms with Gasteiger partial charge in [-0.2, -0.15) is 0 Å². The fraction of sp³-hybridized carbons (Fsp3) is 0.611. The monoisotopic (exact) mass is 363 g/mol. The summed E-state index contributed by atoms with van der Waals surface area (Å²) in [5.74, 6) is 1.62. The smallest absolute Gasteiger partial charge is 0.251 e. The molecule has 1 aromatic carbocycles. The molecule has 1 aromatic rings. The second-order valence-electron chi connectivity index (χ2n) is 7.65. The fourth-order valence-corrected chi connectivity index (χ4v) is 5.80. The number of rotatable bonds is 2. The Hall–Kier alpha value is -0.870. The quantitative estimate of drug-likeness (QED) is 0.845. The number of benzene rings is 1. The Labute approximate surface area is 139 Å². The molecule has 0 aliphatic heterocycles. The molecule has 4 aliphatic rings. The Bertz CT molecular complexity index is 614. The van der Waals surface area contributed by atoms with Crippen molar-refractivity contribution in [3.8, 4) is 0 Å². The van der Waals surface area contributed by atoms with Gasteiger partial charge in [0.2, 0.25) is 0 Å². The number of hydrogen-bond donors (Lipinski definition) is 2. The Morgan fingerprint density at radius 3 is 2.55 bits per heavy atom. The van der Waals surface area contributed by atoms with E-state index in [0.29, 0.717) is 17.8 Å². The zero-order chi connectivity index (χ0) is 15.5. The lowest BCUT2D eigenvalue weighted by Gasteiger charge is -2.58. The number of aryl methyl sites for hydroxylation is 1. The van der Waals surface area contributed by atoms with Crippen LogP contribution in [0, 0.1) is 24.7 Å². The van der Waals surface area contributed by atoms with Crippen molar-refractivity contribution >= 4 is 21.8 Å². The predicted octanol–water partition coefficient (Wildman–Crippen LogP) is 3.43. The van der Waals surface area contributed by atoms with Crippen LogP contribution in [-0.4, -0.2) is 22.7 Å². The van der Waals surface area contributed by atoms with Crippen LogP contribution in [0.25, 0.3) is 0 Å². The van der Waals surface area contributed by atoms with Gasteiger partial charge in [-0.3, -0.25) is 4.79 Å². The van der Waals surface area contributed by atoms with Gasteiger partial charge in [0.05, 0.1) is 5.60 Å². The normalized spacial score (nSPS) is 39.0. The third-order valence-electron chi connectivity index (χ3n) is 5.97. The molecule has 0 spiro atoms. The summed E-state index contributed by atoms with van der Waals surface area (Å²) in [4.78, 5) is 12.7. The van der Waals surface area contributed by atoms with E-state index in [-0.39, 0.29) is 11.9 Å². The van der Waals surface area contributed by atoms with Crippen LogP contribution in [0.3, 0.4) is 0 Å². The van der Waals surface area contributed by atoms with E-state index in [2.05, 4.69) is 21.2 Å². The van der Waals surface area contributed by atoms with Crippen LogP contribution in [0.2, 0.25) is 0 Å². The molecule has 4 aliphatic carbocycles. The lowest BCUT2D eigenvalue weighted by Crippen LogP contribution is -2.61. The Morgan fingerprint density at radius 2 is 1.95 bits per heavy atom. The maximum absolute atomic E-state index is 12.7. The summed E-state index contributed by atoms with van der Waals surface area (Å²) in [6.45, 7) is 1.97. The SMILES string of the molecule is Cc1cc(Br)ccc1C(=O)NC1C2CC3CC1CC(O)(C3)C2. The Morgan fingerprint density at radius 1 is 1.27 bits per heavy atom. The molecule has 2 atom stereocenters. The van der Waals surface area contributed by atoms with Gasteiger partial charge in [-0.25, -0.2) is 0 Å². The van der Waals surface area contributed by atoms with E-state index in [4.69, 9.17) is 0 Å². The summed E-state index contributed by atoms with van der Waals surface area (Å²) >= 11 is 3.44. The van der Waals surface area contributed by atoms with Crippen molar-refractivity contribution in [2.45, 2.75) is 50.7 Å². The molecule has 0 aromatic heterocycles. The average molecular weight is 364 g/mol. The van der Waals surface area contributed by atoms with Gasteiger partial charge in [-0.05, 0) is 80.5 Å². The number of carbonyl (C=O) groups excluding carboxylic acids is 1. The summed E-state index contributed by atoms with van der Waals surface area (Å²) in [7, 11) is 0. The summed E-state index contributed by atoms with van der Waals surface area (Å²) in [6, 6.07) is 6.03. The van der Waals surface area contributed by atoms with Crippen LogP contribution in [0.15, 0.2) is 22.7 Å². The van der Waals surface area contributed by atoms with E-state index in [1.54, 1.807) is 0 Å². The molecule has 5 rings (SSSR count). The lowest BCUT2D eigenvalue weighted by molar-refractivity contribution is -0.136. The van der Waals surface area contributed by atoms with Gasteiger partial charge < -0.3 is 10.4 Å². The van der Waals surface area contributed by atoms with Gasteiger partial charge in [-0.15, -0.1) is 0 Å². The summed E-state index contributed by atoms with van der Waals surface area (Å²) in [5.41, 5.74) is 1.32. The summed E-state index contributed by atoms with van der Waals surface area (Å²) < 4.78 is 0.999. The van der Waals surface area contributed by atoms with Gasteiger partial charge in [0.1, 0.15) is 0 Å². The van der Waals surface area contributed by atoms with Gasteiger partial charge in [0, 0.05) is 16.1 Å². The van der Waals surface area contributed by atoms with Crippen LogP contribution in [0.5, 0.6) is 0 Å². The van der Waals surface area contributed by atoms with Crippen molar-refractivity contribution in [2.24, 2.45) is 17.8 Å². The second kappa shape index (κ2) is 5.07. The molecule has 0 heterocycles. The van der Waals surface area contributed by atoms with Crippen LogP contribution in [-0.2, 0) is 0 Å². The highest BCUT2D eigenvalue weighted by Gasteiger charge is 2.55. The fourth-order valence-electron chi connectivity index (χ4n) is 5.33. The van der Waals surface area contributed by atoms with Crippen molar-refractivity contribution < 1.29 is 9.90 Å². The number of carbonyl (C=O) groups is 1. The topological polar surface area (TPSA) is 49.3 Å². The number of nitrogens with one attached hydrogen (secondary N) is 1. The molecule has 3 nitrogen and oxygen atoms in total. The van der Waals surface area contributed by atoms with Crippen molar-refractivity contribution in [1.29, 1.82) is 0 Å². The van der Waals surface area contributed by atoms with E-state index < -0.39 is 5.60 Å². The lowest BCUT2D eigenvalue weighted by atomic mass is 9.52. The summed E-state index contributed by atoms with van der Waals surface area (Å²) in [5, 5.41) is 13.9. The van der Waals surface area contributed by atoms with E-state index in [0.717, 1.165) is 34.9 Å². The third-order valence-corrected chi connectivity index (χ3v) is 6.46. The van der Waals surface area contributed by atoms with Gasteiger partial charge in [0.15, 0.2) is 0 Å². The molecule has 4 heteroatoms. The van der Waals surface area contributed by atoms with Gasteiger partial charge in [0.25, 0.3) is 5.91 Å². The largest absolute Gasteiger partial charge is 0.390 e. The number of aliphatic hydroxyl groups is 1. The summed E-state index contributed by atoms with van der Waals surface area (Å²) in [6.07, 6.45) is 5.05. The predicted molar refractivity (Wildman–Crippen MR) is 88.6 cm³/mol. The van der Waals surface area contributed by atoms with Crippen molar-refractivity contribution in [1.82, 2.24) is 5.32 Å². The molecule has 2 unspecified atom stereocenters. The standard InChI is InChI=1S/C18H22BrNO2/c1-10-4-14(19)2-3-15(10)17(21)20-16-12-5-11-6-13(16)9-18(22,7-11)8-12/h2-4,11-13,16,22H,5-9H2,1H3,(H,20,21). The first-order valence-corrected chi connectivity index (χ1v) is 9.02. The van der Waals surface area contributed by atoms with Crippen LogP contribution < -0.4 is 5.32 Å². The molecule has 0 radical (unpaired) electrons. The van der Waals surface area contributed by atoms with Gasteiger partial charge in [-0.1, -0.05) is 15.9 Å². The Kier molecular flexibility index (Phi) is 3.39. The molecule has 2 N–H and O–H groups in total. The number of amides is 1. The third kappa shape index (κ3) is 2.41. The molecule has 22 heavy (non-hydrogen) atoms. The number of hydrogen-bond acceptors (Lipinski definition) is 2. The molecule has 4 bridgehead atoms. The van der Waals surface area contributed by atoms with E-state index in [9.17, 15) is 9.90 Å². The first-order chi connectivity index (χ1) is 10.4. The molecule has 4 saturated carbocycles. The first-order valence-electron chi connectivity index (χ1n) is 8.23. The highest BCUT2D eigenvalue weighted by atomic mass is 79.9. The van der Waals surface area contributed by atoms with Gasteiger partial charge >= 0.3 is 0 Å². The highest BCUT2D eigenvalue weighted by molar-refractivity contribution is 9.10. The maximum atomic E-state index is 12.7. The zero-order valence-corrected chi connectivity index (χ0v) is 14.4. The number of halogens is 1. The molecule has 118 valence electrons. The van der Waals surface area contributed by atoms with Crippen LogP contribution in [0.1, 0.15) is 48.0 Å². The first kappa shape index (κ1) is 14.7. The van der Waals surface area contributed by atoms with Crippen LogP contribution >= 0.6 is 15.9 Å². The minimum atomic E-state index is -0.439. The van der Waals surface area contributed by atoms with Crippen LogP contribution in [0.4, 0.5) is 0 Å². The second-order valence-corrected chi connectivity index (χ2v) is 8.57. The van der Waals surface area contributed by atoms with E-state index >= 15 is 0 Å². The Balaban J connectivity index is 1.53. The highest BCUT2D eigenvalue weighted by Crippen LogP contribution is 2.55. The van der Waals surface area contributed by atoms with Crippen molar-refractivity contribution in [3.05, 3.63) is 33.8 Å².